The van der Waals surface area contributed by atoms with E-state index < -0.39 is 0 Å². The van der Waals surface area contributed by atoms with Gasteiger partial charge in [-0.05, 0) is 74.4 Å². The molecule has 0 spiro atoms. The number of rotatable bonds is 6. The van der Waals surface area contributed by atoms with Crippen molar-refractivity contribution in [3.8, 4) is 0 Å². The Morgan fingerprint density at radius 2 is 2.06 bits per heavy atom. The van der Waals surface area contributed by atoms with Gasteiger partial charge in [-0.15, -0.1) is 0 Å². The number of nitrogens with two attached hydrogens (primary N) is 1. The van der Waals surface area contributed by atoms with Crippen LogP contribution in [-0.4, -0.2) is 31.1 Å². The van der Waals surface area contributed by atoms with E-state index in [1.54, 1.807) is 0 Å². The van der Waals surface area contributed by atoms with Crippen molar-refractivity contribution >= 4 is 27.3 Å². The van der Waals surface area contributed by atoms with Crippen LogP contribution in [-0.2, 0) is 0 Å². The third kappa shape index (κ3) is 4.50. The van der Waals surface area contributed by atoms with Crippen LogP contribution in [0.15, 0.2) is 16.6 Å². The van der Waals surface area contributed by atoms with E-state index in [1.165, 1.54) is 0 Å². The fraction of sp³-hybridized carbons (Fsp3) is 0.571. The Balaban J connectivity index is 2.42. The molecule has 0 amide bonds. The first kappa shape index (κ1) is 15.3. The first-order valence-corrected chi connectivity index (χ1v) is 7.21. The maximum absolute atomic E-state index is 5.85. The highest BCUT2D eigenvalue weighted by molar-refractivity contribution is 9.10. The highest BCUT2D eigenvalue weighted by atomic mass is 79.9. The van der Waals surface area contributed by atoms with Gasteiger partial charge in [-0.25, -0.2) is 0 Å². The van der Waals surface area contributed by atoms with Crippen molar-refractivity contribution in [2.45, 2.75) is 33.2 Å². The van der Waals surface area contributed by atoms with Crippen LogP contribution in [0.3, 0.4) is 0 Å². The molecule has 3 N–H and O–H groups in total. The zero-order valence-electron chi connectivity index (χ0n) is 11.8. The van der Waals surface area contributed by atoms with Crippen LogP contribution < -0.4 is 11.1 Å². The summed E-state index contributed by atoms with van der Waals surface area (Å²) >= 11 is 3.53. The van der Waals surface area contributed by atoms with Gasteiger partial charge in [-0.3, -0.25) is 0 Å². The Kier molecular flexibility index (Phi) is 5.96. The number of nitrogen functional groups attached to an aromatic ring is 1. The highest BCUT2D eigenvalue weighted by Crippen LogP contribution is 2.27. The fourth-order valence-electron chi connectivity index (χ4n) is 1.64. The molecule has 0 radical (unpaired) electrons. The molecular formula is C14H24BrN3. The third-order valence-electron chi connectivity index (χ3n) is 3.24. The molecule has 0 aliphatic heterocycles. The standard InChI is InChI=1S/C14H24BrN3/c1-10(2)18(4)7-5-6-17-14-8-11(3)13(16)9-12(14)15/h8-10,17H,5-7,16H2,1-4H3. The molecule has 0 unspecified atom stereocenters. The minimum atomic E-state index is 0.607. The second-order valence-corrected chi connectivity index (χ2v) is 5.90. The number of nitrogens with one attached hydrogen (secondary N) is 1. The molecule has 18 heavy (non-hydrogen) atoms. The predicted octanol–water partition coefficient (Wildman–Crippen LogP) is 3.48. The maximum Gasteiger partial charge on any atom is 0.0488 e. The quantitative estimate of drug-likeness (QED) is 0.624. The Morgan fingerprint density at radius 3 is 2.67 bits per heavy atom. The SMILES string of the molecule is Cc1cc(NCCCN(C)C(C)C)c(Br)cc1N. The second-order valence-electron chi connectivity index (χ2n) is 5.04. The smallest absolute Gasteiger partial charge is 0.0488 e. The minimum Gasteiger partial charge on any atom is -0.398 e. The highest BCUT2D eigenvalue weighted by Gasteiger charge is 2.04. The molecule has 0 saturated carbocycles. The van der Waals surface area contributed by atoms with E-state index in [-0.39, 0.29) is 0 Å². The second kappa shape index (κ2) is 7.00. The number of hydrogen-bond acceptors (Lipinski definition) is 3. The molecule has 0 aliphatic rings. The Bertz CT molecular complexity index is 391. The number of halogens is 1. The first-order chi connectivity index (χ1) is 8.41. The summed E-state index contributed by atoms with van der Waals surface area (Å²) in [5, 5.41) is 3.45. The van der Waals surface area contributed by atoms with Gasteiger partial charge in [-0.2, -0.15) is 0 Å². The molecule has 1 aromatic rings. The molecule has 0 fully saturated rings. The molecule has 0 bridgehead atoms. The Hall–Kier alpha value is -0.740. The summed E-state index contributed by atoms with van der Waals surface area (Å²) in [6.45, 7) is 8.54. The molecule has 0 aromatic heterocycles. The van der Waals surface area contributed by atoms with Gasteiger partial charge in [0.25, 0.3) is 0 Å². The van der Waals surface area contributed by atoms with Crippen molar-refractivity contribution in [1.82, 2.24) is 4.90 Å². The van der Waals surface area contributed by atoms with E-state index in [4.69, 9.17) is 5.73 Å². The molecule has 0 aliphatic carbocycles. The maximum atomic E-state index is 5.85. The van der Waals surface area contributed by atoms with E-state index in [2.05, 4.69) is 53.1 Å². The summed E-state index contributed by atoms with van der Waals surface area (Å²) in [6.07, 6.45) is 1.13. The average Bonchev–Trinajstić information content (AvgIpc) is 2.30. The van der Waals surface area contributed by atoms with Gasteiger partial charge in [-0.1, -0.05) is 0 Å². The van der Waals surface area contributed by atoms with Gasteiger partial charge in [0.15, 0.2) is 0 Å². The van der Waals surface area contributed by atoms with E-state index in [0.717, 1.165) is 40.9 Å². The van der Waals surface area contributed by atoms with Gasteiger partial charge in [0.1, 0.15) is 0 Å². The van der Waals surface area contributed by atoms with Crippen LogP contribution in [0.1, 0.15) is 25.8 Å². The normalized spacial score (nSPS) is 11.3. The lowest BCUT2D eigenvalue weighted by Gasteiger charge is -2.21. The molecule has 102 valence electrons. The van der Waals surface area contributed by atoms with Gasteiger partial charge >= 0.3 is 0 Å². The number of benzene rings is 1. The zero-order chi connectivity index (χ0) is 13.7. The van der Waals surface area contributed by atoms with E-state index >= 15 is 0 Å². The molecular weight excluding hydrogens is 290 g/mol. The molecule has 0 atom stereocenters. The van der Waals surface area contributed by atoms with Gasteiger partial charge in [0.05, 0.1) is 0 Å². The lowest BCUT2D eigenvalue weighted by Crippen LogP contribution is -2.28. The van der Waals surface area contributed by atoms with Crippen molar-refractivity contribution in [2.75, 3.05) is 31.2 Å². The van der Waals surface area contributed by atoms with Crippen molar-refractivity contribution in [1.29, 1.82) is 0 Å². The van der Waals surface area contributed by atoms with Crippen LogP contribution in [0.2, 0.25) is 0 Å². The number of anilines is 2. The van der Waals surface area contributed by atoms with E-state index in [9.17, 15) is 0 Å². The summed E-state index contributed by atoms with van der Waals surface area (Å²) in [5.41, 5.74) is 8.91. The summed E-state index contributed by atoms with van der Waals surface area (Å²) in [6, 6.07) is 4.65. The predicted molar refractivity (Wildman–Crippen MR) is 84.2 cm³/mol. The van der Waals surface area contributed by atoms with E-state index in [0.29, 0.717) is 6.04 Å². The number of aryl methyl sites for hydroxylation is 1. The first-order valence-electron chi connectivity index (χ1n) is 6.41. The molecule has 1 rings (SSSR count). The van der Waals surface area contributed by atoms with Gasteiger partial charge < -0.3 is 16.0 Å². The monoisotopic (exact) mass is 313 g/mol. The third-order valence-corrected chi connectivity index (χ3v) is 3.90. The van der Waals surface area contributed by atoms with Crippen molar-refractivity contribution in [2.24, 2.45) is 0 Å². The van der Waals surface area contributed by atoms with Crippen LogP contribution >= 0.6 is 15.9 Å². The van der Waals surface area contributed by atoms with Crippen molar-refractivity contribution < 1.29 is 0 Å². The molecule has 0 heterocycles. The molecule has 1 aromatic carbocycles. The topological polar surface area (TPSA) is 41.3 Å². The zero-order valence-corrected chi connectivity index (χ0v) is 13.3. The Labute approximate surface area is 119 Å². The summed E-state index contributed by atoms with van der Waals surface area (Å²) < 4.78 is 1.03. The van der Waals surface area contributed by atoms with Crippen LogP contribution in [0, 0.1) is 6.92 Å². The summed E-state index contributed by atoms with van der Waals surface area (Å²) in [7, 11) is 2.16. The average molecular weight is 314 g/mol. The summed E-state index contributed by atoms with van der Waals surface area (Å²) in [5.74, 6) is 0. The van der Waals surface area contributed by atoms with E-state index in [1.807, 2.05) is 13.0 Å². The molecule has 4 heteroatoms. The minimum absolute atomic E-state index is 0.607. The van der Waals surface area contributed by atoms with Gasteiger partial charge in [0.2, 0.25) is 0 Å². The molecule has 3 nitrogen and oxygen atoms in total. The van der Waals surface area contributed by atoms with Crippen molar-refractivity contribution in [3.63, 3.8) is 0 Å². The van der Waals surface area contributed by atoms with Crippen LogP contribution in [0.5, 0.6) is 0 Å². The van der Waals surface area contributed by atoms with Crippen molar-refractivity contribution in [3.05, 3.63) is 22.2 Å². The van der Waals surface area contributed by atoms with Crippen LogP contribution in [0.25, 0.3) is 0 Å². The fourth-order valence-corrected chi connectivity index (χ4v) is 2.14. The summed E-state index contributed by atoms with van der Waals surface area (Å²) in [4.78, 5) is 2.35. The number of nitrogens with zero attached hydrogens (tertiary/aromatic N) is 1. The lowest BCUT2D eigenvalue weighted by atomic mass is 10.2. The molecule has 0 saturated heterocycles. The largest absolute Gasteiger partial charge is 0.398 e. The number of hydrogen-bond donors (Lipinski definition) is 2. The Morgan fingerprint density at radius 1 is 1.39 bits per heavy atom. The lowest BCUT2D eigenvalue weighted by molar-refractivity contribution is 0.273. The van der Waals surface area contributed by atoms with Crippen LogP contribution in [0.4, 0.5) is 11.4 Å². The van der Waals surface area contributed by atoms with Gasteiger partial charge in [0, 0.05) is 28.4 Å².